The van der Waals surface area contributed by atoms with Crippen molar-refractivity contribution in [3.63, 3.8) is 0 Å². The van der Waals surface area contributed by atoms with Gasteiger partial charge >= 0.3 is 0 Å². The summed E-state index contributed by atoms with van der Waals surface area (Å²) in [6.07, 6.45) is 6.47. The van der Waals surface area contributed by atoms with E-state index in [1.54, 1.807) is 6.20 Å². The molecule has 0 amide bonds. The van der Waals surface area contributed by atoms with Gasteiger partial charge in [-0.2, -0.15) is 5.26 Å². The SMILES string of the molecule is Cc1ccc(-c2c(C#N)c(=O)n(CC3CCCC3)c3cc(NC(C)c4ccccn4)ccc23)cc1. The minimum Gasteiger partial charge on any atom is -0.377 e. The van der Waals surface area contributed by atoms with E-state index in [4.69, 9.17) is 0 Å². The van der Waals surface area contributed by atoms with Gasteiger partial charge in [0.05, 0.1) is 17.3 Å². The predicted molar refractivity (Wildman–Crippen MR) is 141 cm³/mol. The van der Waals surface area contributed by atoms with E-state index < -0.39 is 0 Å². The van der Waals surface area contributed by atoms with Gasteiger partial charge in [0, 0.05) is 29.4 Å². The van der Waals surface area contributed by atoms with E-state index in [0.29, 0.717) is 12.5 Å². The first-order chi connectivity index (χ1) is 17.0. The smallest absolute Gasteiger partial charge is 0.269 e. The van der Waals surface area contributed by atoms with Crippen LogP contribution in [0.2, 0.25) is 0 Å². The Hall–Kier alpha value is -3.91. The number of nitrogens with zero attached hydrogens (tertiary/aromatic N) is 3. The van der Waals surface area contributed by atoms with E-state index in [9.17, 15) is 10.1 Å². The van der Waals surface area contributed by atoms with E-state index in [1.807, 2.05) is 66.1 Å². The van der Waals surface area contributed by atoms with Gasteiger partial charge in [-0.15, -0.1) is 0 Å². The fourth-order valence-electron chi connectivity index (χ4n) is 5.25. The summed E-state index contributed by atoms with van der Waals surface area (Å²) in [5.74, 6) is 0.469. The summed E-state index contributed by atoms with van der Waals surface area (Å²) in [7, 11) is 0. The number of hydrogen-bond donors (Lipinski definition) is 1. The number of hydrogen-bond acceptors (Lipinski definition) is 4. The van der Waals surface area contributed by atoms with Crippen molar-refractivity contribution in [2.24, 2.45) is 5.92 Å². The maximum absolute atomic E-state index is 13.7. The lowest BCUT2D eigenvalue weighted by Gasteiger charge is -2.20. The lowest BCUT2D eigenvalue weighted by atomic mass is 9.95. The minimum absolute atomic E-state index is 0.0126. The van der Waals surface area contributed by atoms with Crippen LogP contribution in [-0.4, -0.2) is 9.55 Å². The van der Waals surface area contributed by atoms with E-state index in [0.717, 1.165) is 51.8 Å². The summed E-state index contributed by atoms with van der Waals surface area (Å²) in [5.41, 5.74) is 5.53. The van der Waals surface area contributed by atoms with Crippen LogP contribution in [0.4, 0.5) is 5.69 Å². The van der Waals surface area contributed by atoms with Crippen LogP contribution in [0.15, 0.2) is 71.7 Å². The number of nitrogens with one attached hydrogen (secondary N) is 1. The van der Waals surface area contributed by atoms with E-state index >= 15 is 0 Å². The van der Waals surface area contributed by atoms with Crippen LogP contribution in [-0.2, 0) is 6.54 Å². The number of rotatable bonds is 6. The number of fused-ring (bicyclic) bond motifs is 1. The Morgan fingerprint density at radius 2 is 1.89 bits per heavy atom. The lowest BCUT2D eigenvalue weighted by molar-refractivity contribution is 0.458. The number of anilines is 1. The van der Waals surface area contributed by atoms with Gasteiger partial charge in [0.1, 0.15) is 11.6 Å². The second-order valence-electron chi connectivity index (χ2n) is 9.65. The Morgan fingerprint density at radius 1 is 1.11 bits per heavy atom. The van der Waals surface area contributed by atoms with Crippen LogP contribution in [0.1, 0.15) is 55.5 Å². The summed E-state index contributed by atoms with van der Waals surface area (Å²) in [5, 5.41) is 14.5. The summed E-state index contributed by atoms with van der Waals surface area (Å²) >= 11 is 0. The fourth-order valence-corrected chi connectivity index (χ4v) is 5.25. The Labute approximate surface area is 206 Å². The van der Waals surface area contributed by atoms with Crippen molar-refractivity contribution < 1.29 is 0 Å². The topological polar surface area (TPSA) is 70.7 Å². The van der Waals surface area contributed by atoms with Gasteiger partial charge in [-0.1, -0.05) is 54.8 Å². The second kappa shape index (κ2) is 9.76. The fraction of sp³-hybridized carbons (Fsp3) is 0.300. The highest BCUT2D eigenvalue weighted by Crippen LogP contribution is 2.34. The molecule has 1 N–H and O–H groups in total. The molecule has 2 aromatic carbocycles. The Balaban J connectivity index is 1.68. The summed E-state index contributed by atoms with van der Waals surface area (Å²) in [6, 6.07) is 22.3. The van der Waals surface area contributed by atoms with Crippen molar-refractivity contribution in [1.82, 2.24) is 9.55 Å². The van der Waals surface area contributed by atoms with E-state index in [1.165, 1.54) is 12.8 Å². The molecule has 5 nitrogen and oxygen atoms in total. The predicted octanol–water partition coefficient (Wildman–Crippen LogP) is 6.61. The van der Waals surface area contributed by atoms with Gasteiger partial charge in [0.15, 0.2) is 0 Å². The van der Waals surface area contributed by atoms with Crippen molar-refractivity contribution >= 4 is 16.6 Å². The molecule has 5 heteroatoms. The summed E-state index contributed by atoms with van der Waals surface area (Å²) < 4.78 is 1.85. The number of pyridine rings is 2. The third kappa shape index (κ3) is 4.57. The Kier molecular flexibility index (Phi) is 6.37. The molecular weight excluding hydrogens is 432 g/mol. The Bertz CT molecular complexity index is 1440. The highest BCUT2D eigenvalue weighted by Gasteiger charge is 2.22. The monoisotopic (exact) mass is 462 g/mol. The number of aryl methyl sites for hydroxylation is 1. The maximum Gasteiger partial charge on any atom is 0.269 e. The lowest BCUT2D eigenvalue weighted by Crippen LogP contribution is -2.27. The van der Waals surface area contributed by atoms with E-state index in [-0.39, 0.29) is 17.2 Å². The average molecular weight is 463 g/mol. The van der Waals surface area contributed by atoms with Crippen molar-refractivity contribution in [3.05, 3.63) is 94.0 Å². The molecular formula is C30H30N4O. The molecule has 0 spiro atoms. The molecule has 1 saturated carbocycles. The zero-order chi connectivity index (χ0) is 24.4. The van der Waals surface area contributed by atoms with Crippen LogP contribution in [0.3, 0.4) is 0 Å². The first kappa shape index (κ1) is 22.9. The van der Waals surface area contributed by atoms with Crippen molar-refractivity contribution in [3.8, 4) is 17.2 Å². The zero-order valence-corrected chi connectivity index (χ0v) is 20.3. The number of nitriles is 1. The highest BCUT2D eigenvalue weighted by atomic mass is 16.1. The summed E-state index contributed by atoms with van der Waals surface area (Å²) in [6.45, 7) is 4.76. The second-order valence-corrected chi connectivity index (χ2v) is 9.65. The zero-order valence-electron chi connectivity index (χ0n) is 20.3. The molecule has 1 aliphatic rings. The van der Waals surface area contributed by atoms with Crippen LogP contribution < -0.4 is 10.9 Å². The molecule has 0 radical (unpaired) electrons. The largest absolute Gasteiger partial charge is 0.377 e. The normalized spacial score (nSPS) is 14.7. The molecule has 1 fully saturated rings. The van der Waals surface area contributed by atoms with Gasteiger partial charge in [-0.05, 0) is 62.4 Å². The quantitative estimate of drug-likeness (QED) is 0.350. The number of aromatic nitrogens is 2. The van der Waals surface area contributed by atoms with Crippen LogP contribution >= 0.6 is 0 Å². The molecule has 4 aromatic rings. The van der Waals surface area contributed by atoms with Gasteiger partial charge in [0.25, 0.3) is 5.56 Å². The first-order valence-electron chi connectivity index (χ1n) is 12.4. The summed E-state index contributed by atoms with van der Waals surface area (Å²) in [4.78, 5) is 18.2. The molecule has 0 aliphatic heterocycles. The third-order valence-electron chi connectivity index (χ3n) is 7.15. The van der Waals surface area contributed by atoms with Crippen LogP contribution in [0.5, 0.6) is 0 Å². The van der Waals surface area contributed by atoms with Gasteiger partial charge in [-0.25, -0.2) is 0 Å². The molecule has 1 atom stereocenters. The molecule has 0 saturated heterocycles. The van der Waals surface area contributed by atoms with Crippen molar-refractivity contribution in [2.45, 2.75) is 52.1 Å². The molecule has 0 bridgehead atoms. The van der Waals surface area contributed by atoms with Crippen LogP contribution in [0.25, 0.3) is 22.0 Å². The van der Waals surface area contributed by atoms with Crippen molar-refractivity contribution in [1.29, 1.82) is 5.26 Å². The first-order valence-corrected chi connectivity index (χ1v) is 12.4. The highest BCUT2D eigenvalue weighted by molar-refractivity contribution is 5.98. The average Bonchev–Trinajstić information content (AvgIpc) is 3.40. The molecule has 5 rings (SSSR count). The van der Waals surface area contributed by atoms with Crippen molar-refractivity contribution in [2.75, 3.05) is 5.32 Å². The van der Waals surface area contributed by atoms with Gasteiger partial charge in [0.2, 0.25) is 0 Å². The third-order valence-corrected chi connectivity index (χ3v) is 7.15. The van der Waals surface area contributed by atoms with E-state index in [2.05, 4.69) is 29.4 Å². The minimum atomic E-state index is -0.197. The van der Waals surface area contributed by atoms with Gasteiger partial charge < -0.3 is 9.88 Å². The molecule has 2 heterocycles. The molecule has 2 aromatic heterocycles. The Morgan fingerprint density at radius 3 is 2.57 bits per heavy atom. The maximum atomic E-state index is 13.7. The molecule has 1 unspecified atom stereocenters. The standard InChI is InChI=1S/C30H30N4O/c1-20-10-12-23(13-11-20)29-25-15-14-24(33-21(2)27-9-5-6-16-32-27)17-28(25)34(30(35)26(29)18-31)19-22-7-3-4-8-22/h5-6,9-17,21-22,33H,3-4,7-8,19H2,1-2H3. The molecule has 35 heavy (non-hydrogen) atoms. The molecule has 176 valence electrons. The number of benzene rings is 2. The van der Waals surface area contributed by atoms with Crippen LogP contribution in [0, 0.1) is 24.2 Å². The van der Waals surface area contributed by atoms with Gasteiger partial charge in [-0.3, -0.25) is 9.78 Å². The molecule has 1 aliphatic carbocycles.